The highest BCUT2D eigenvalue weighted by molar-refractivity contribution is 5.78. The molecule has 0 aliphatic carbocycles. The molecule has 2 N–H and O–H groups in total. The Morgan fingerprint density at radius 1 is 1.25 bits per heavy atom. The molecule has 1 atom stereocenters. The van der Waals surface area contributed by atoms with Crippen molar-refractivity contribution in [2.45, 2.75) is 45.2 Å². The summed E-state index contributed by atoms with van der Waals surface area (Å²) in [5, 5.41) is 12.3. The summed E-state index contributed by atoms with van der Waals surface area (Å²) in [6.07, 6.45) is 3.13. The summed E-state index contributed by atoms with van der Waals surface area (Å²) in [6, 6.07) is 0.945. The van der Waals surface area contributed by atoms with Crippen molar-refractivity contribution >= 4 is 5.91 Å². The Bertz CT molecular complexity index is 314. The summed E-state index contributed by atoms with van der Waals surface area (Å²) in [4.78, 5) is 16.7. The summed E-state index contributed by atoms with van der Waals surface area (Å²) in [7, 11) is 0. The van der Waals surface area contributed by atoms with Crippen molar-refractivity contribution in [2.24, 2.45) is 5.92 Å². The van der Waals surface area contributed by atoms with Crippen LogP contribution in [-0.2, 0) is 4.79 Å². The van der Waals surface area contributed by atoms with Crippen molar-refractivity contribution < 1.29 is 9.90 Å². The Morgan fingerprint density at radius 2 is 1.95 bits per heavy atom. The van der Waals surface area contributed by atoms with Crippen molar-refractivity contribution in [3.05, 3.63) is 0 Å². The number of carbonyl (C=O) groups is 1. The van der Waals surface area contributed by atoms with Gasteiger partial charge in [-0.1, -0.05) is 0 Å². The van der Waals surface area contributed by atoms with E-state index in [9.17, 15) is 4.79 Å². The second-order valence-corrected chi connectivity index (χ2v) is 6.54. The van der Waals surface area contributed by atoms with Crippen LogP contribution in [-0.4, -0.2) is 72.2 Å². The zero-order valence-electron chi connectivity index (χ0n) is 12.8. The molecule has 2 aliphatic rings. The van der Waals surface area contributed by atoms with Gasteiger partial charge in [-0.25, -0.2) is 0 Å². The van der Waals surface area contributed by atoms with E-state index in [1.165, 1.54) is 0 Å². The van der Waals surface area contributed by atoms with Crippen LogP contribution in [0.2, 0.25) is 0 Å². The minimum absolute atomic E-state index is 0.145. The third-order valence-corrected chi connectivity index (χ3v) is 4.62. The fourth-order valence-corrected chi connectivity index (χ4v) is 3.24. The lowest BCUT2D eigenvalue weighted by atomic mass is 10.0. The SMILES string of the molecule is CC(C)N1CCC(NC(=O)CN2CCC(CO)C2)CC1. The van der Waals surface area contributed by atoms with Gasteiger partial charge >= 0.3 is 0 Å². The highest BCUT2D eigenvalue weighted by atomic mass is 16.3. The number of hydrogen-bond donors (Lipinski definition) is 2. The van der Waals surface area contributed by atoms with Crippen LogP contribution in [0.3, 0.4) is 0 Å². The normalized spacial score (nSPS) is 26.3. The van der Waals surface area contributed by atoms with E-state index in [-0.39, 0.29) is 12.5 Å². The zero-order valence-corrected chi connectivity index (χ0v) is 12.8. The molecule has 0 aromatic rings. The number of aliphatic hydroxyl groups is 1. The Hall–Kier alpha value is -0.650. The van der Waals surface area contributed by atoms with Gasteiger partial charge in [0.05, 0.1) is 6.54 Å². The van der Waals surface area contributed by atoms with Gasteiger partial charge in [-0.15, -0.1) is 0 Å². The van der Waals surface area contributed by atoms with Crippen molar-refractivity contribution in [1.82, 2.24) is 15.1 Å². The average molecular weight is 283 g/mol. The highest BCUT2D eigenvalue weighted by Gasteiger charge is 2.25. The zero-order chi connectivity index (χ0) is 14.5. The summed E-state index contributed by atoms with van der Waals surface area (Å²) in [5.74, 6) is 0.503. The largest absolute Gasteiger partial charge is 0.396 e. The number of amides is 1. The molecule has 2 rings (SSSR count). The maximum Gasteiger partial charge on any atom is 0.234 e. The first-order chi connectivity index (χ1) is 9.58. The topological polar surface area (TPSA) is 55.8 Å². The van der Waals surface area contributed by atoms with Crippen LogP contribution in [0.5, 0.6) is 0 Å². The lowest BCUT2D eigenvalue weighted by Crippen LogP contribution is -2.48. The Labute approximate surface area is 122 Å². The van der Waals surface area contributed by atoms with Crippen LogP contribution in [0.4, 0.5) is 0 Å². The van der Waals surface area contributed by atoms with Gasteiger partial charge in [0.15, 0.2) is 0 Å². The number of nitrogens with one attached hydrogen (secondary N) is 1. The molecule has 0 spiro atoms. The number of carbonyl (C=O) groups excluding carboxylic acids is 1. The van der Waals surface area contributed by atoms with Crippen molar-refractivity contribution in [3.63, 3.8) is 0 Å². The van der Waals surface area contributed by atoms with E-state index in [2.05, 4.69) is 29.0 Å². The highest BCUT2D eigenvalue weighted by Crippen LogP contribution is 2.15. The molecule has 5 heteroatoms. The standard InChI is InChI=1S/C15H29N3O2/c1-12(2)18-7-4-14(5-8-18)16-15(20)10-17-6-3-13(9-17)11-19/h12-14,19H,3-11H2,1-2H3,(H,16,20). The van der Waals surface area contributed by atoms with Gasteiger partial charge in [0, 0.05) is 38.3 Å². The van der Waals surface area contributed by atoms with E-state index >= 15 is 0 Å². The predicted molar refractivity (Wildman–Crippen MR) is 79.5 cm³/mol. The Balaban J connectivity index is 1.66. The monoisotopic (exact) mass is 283 g/mol. The smallest absolute Gasteiger partial charge is 0.234 e. The molecule has 2 fully saturated rings. The van der Waals surface area contributed by atoms with Gasteiger partial charge in [0.25, 0.3) is 0 Å². The summed E-state index contributed by atoms with van der Waals surface area (Å²) in [6.45, 7) is 9.14. The first-order valence-electron chi connectivity index (χ1n) is 7.95. The number of piperidine rings is 1. The van der Waals surface area contributed by atoms with Crippen molar-refractivity contribution in [3.8, 4) is 0 Å². The fourth-order valence-electron chi connectivity index (χ4n) is 3.24. The molecule has 5 nitrogen and oxygen atoms in total. The molecule has 1 unspecified atom stereocenters. The average Bonchev–Trinajstić information content (AvgIpc) is 2.86. The molecular weight excluding hydrogens is 254 g/mol. The number of nitrogens with zero attached hydrogens (tertiary/aromatic N) is 2. The van der Waals surface area contributed by atoms with Crippen LogP contribution >= 0.6 is 0 Å². The second kappa shape index (κ2) is 7.38. The van der Waals surface area contributed by atoms with E-state index in [0.717, 1.165) is 45.4 Å². The number of likely N-dealkylation sites (tertiary alicyclic amines) is 2. The van der Waals surface area contributed by atoms with Gasteiger partial charge in [-0.05, 0) is 45.6 Å². The molecule has 0 saturated carbocycles. The van der Waals surface area contributed by atoms with E-state index in [0.29, 0.717) is 24.5 Å². The van der Waals surface area contributed by atoms with E-state index in [4.69, 9.17) is 5.11 Å². The molecule has 2 saturated heterocycles. The third-order valence-electron chi connectivity index (χ3n) is 4.62. The molecule has 0 aromatic carbocycles. The first kappa shape index (κ1) is 15.7. The quantitative estimate of drug-likeness (QED) is 0.761. The van der Waals surface area contributed by atoms with Gasteiger partial charge in [-0.3, -0.25) is 9.69 Å². The summed E-state index contributed by atoms with van der Waals surface area (Å²) < 4.78 is 0. The minimum atomic E-state index is 0.145. The van der Waals surface area contributed by atoms with E-state index in [1.54, 1.807) is 0 Å². The first-order valence-corrected chi connectivity index (χ1v) is 7.95. The van der Waals surface area contributed by atoms with Crippen molar-refractivity contribution in [2.75, 3.05) is 39.3 Å². The minimum Gasteiger partial charge on any atom is -0.396 e. The van der Waals surface area contributed by atoms with E-state index in [1.807, 2.05) is 0 Å². The maximum absolute atomic E-state index is 12.0. The summed E-state index contributed by atoms with van der Waals surface area (Å²) >= 11 is 0. The lowest BCUT2D eigenvalue weighted by Gasteiger charge is -2.35. The van der Waals surface area contributed by atoms with Crippen molar-refractivity contribution in [1.29, 1.82) is 0 Å². The van der Waals surface area contributed by atoms with Crippen LogP contribution in [0.1, 0.15) is 33.1 Å². The van der Waals surface area contributed by atoms with Gasteiger partial charge in [0.1, 0.15) is 0 Å². The second-order valence-electron chi connectivity index (χ2n) is 6.54. The Kier molecular flexibility index (Phi) is 5.81. The molecule has 0 radical (unpaired) electrons. The van der Waals surface area contributed by atoms with Crippen LogP contribution in [0, 0.1) is 5.92 Å². The molecule has 0 aromatic heterocycles. The molecule has 2 aliphatic heterocycles. The number of hydrogen-bond acceptors (Lipinski definition) is 4. The van der Waals surface area contributed by atoms with Crippen LogP contribution in [0.25, 0.3) is 0 Å². The molecule has 20 heavy (non-hydrogen) atoms. The van der Waals surface area contributed by atoms with Gasteiger partial charge < -0.3 is 15.3 Å². The third kappa shape index (κ3) is 4.43. The summed E-state index contributed by atoms with van der Waals surface area (Å²) in [5.41, 5.74) is 0. The maximum atomic E-state index is 12.0. The molecule has 1 amide bonds. The van der Waals surface area contributed by atoms with Crippen LogP contribution < -0.4 is 5.32 Å². The lowest BCUT2D eigenvalue weighted by molar-refractivity contribution is -0.123. The fraction of sp³-hybridized carbons (Fsp3) is 0.933. The molecular formula is C15H29N3O2. The number of rotatable bonds is 5. The number of aliphatic hydroxyl groups excluding tert-OH is 1. The molecule has 2 heterocycles. The predicted octanol–water partition coefficient (Wildman–Crippen LogP) is 0.290. The molecule has 116 valence electrons. The Morgan fingerprint density at radius 3 is 2.50 bits per heavy atom. The van der Waals surface area contributed by atoms with Crippen LogP contribution in [0.15, 0.2) is 0 Å². The molecule has 0 bridgehead atoms. The van der Waals surface area contributed by atoms with Gasteiger partial charge in [0.2, 0.25) is 5.91 Å². The van der Waals surface area contributed by atoms with Gasteiger partial charge in [-0.2, -0.15) is 0 Å². The van der Waals surface area contributed by atoms with E-state index < -0.39 is 0 Å².